The van der Waals surface area contributed by atoms with E-state index in [1.165, 1.54) is 19.3 Å². The van der Waals surface area contributed by atoms with Crippen LogP contribution in [-0.4, -0.2) is 28.6 Å². The zero-order chi connectivity index (χ0) is 12.3. The van der Waals surface area contributed by atoms with E-state index in [2.05, 4.69) is 18.7 Å². The Bertz CT molecular complexity index is 338. The van der Waals surface area contributed by atoms with E-state index in [1.807, 2.05) is 30.3 Å². The predicted octanol–water partition coefficient (Wildman–Crippen LogP) is 2.98. The van der Waals surface area contributed by atoms with Gasteiger partial charge in [0.15, 0.2) is 0 Å². The molecule has 2 rings (SSSR count). The average Bonchev–Trinajstić information content (AvgIpc) is 2.86. The number of rotatable bonds is 4. The fraction of sp³-hybridized carbons (Fsp3) is 0.600. The summed E-state index contributed by atoms with van der Waals surface area (Å²) in [7, 11) is 0. The van der Waals surface area contributed by atoms with Gasteiger partial charge in [0.25, 0.3) is 0 Å². The number of aliphatic hydroxyl groups excluding tert-OH is 1. The first-order valence-electron chi connectivity index (χ1n) is 6.72. The molecule has 1 aromatic rings. The molecule has 0 spiro atoms. The Morgan fingerprint density at radius 1 is 1.35 bits per heavy atom. The molecule has 0 saturated carbocycles. The quantitative estimate of drug-likeness (QED) is 0.864. The zero-order valence-corrected chi connectivity index (χ0v) is 10.8. The molecular formula is C15H23NO. The van der Waals surface area contributed by atoms with E-state index in [0.29, 0.717) is 6.04 Å². The lowest BCUT2D eigenvalue weighted by Crippen LogP contribution is -2.40. The van der Waals surface area contributed by atoms with Crippen molar-refractivity contribution in [2.75, 3.05) is 6.54 Å². The summed E-state index contributed by atoms with van der Waals surface area (Å²) in [6, 6.07) is 10.9. The third-order valence-corrected chi connectivity index (χ3v) is 4.02. The summed E-state index contributed by atoms with van der Waals surface area (Å²) < 4.78 is 0. The van der Waals surface area contributed by atoms with Gasteiger partial charge in [0.2, 0.25) is 0 Å². The molecule has 3 unspecified atom stereocenters. The monoisotopic (exact) mass is 233 g/mol. The van der Waals surface area contributed by atoms with Gasteiger partial charge < -0.3 is 5.11 Å². The minimum Gasteiger partial charge on any atom is -0.387 e. The fourth-order valence-corrected chi connectivity index (χ4v) is 2.94. The highest BCUT2D eigenvalue weighted by molar-refractivity contribution is 5.18. The molecule has 2 heteroatoms. The number of hydrogen-bond donors (Lipinski definition) is 1. The van der Waals surface area contributed by atoms with E-state index >= 15 is 0 Å². The summed E-state index contributed by atoms with van der Waals surface area (Å²) in [5.74, 6) is 0. The first-order valence-corrected chi connectivity index (χ1v) is 6.72. The second kappa shape index (κ2) is 5.65. The molecule has 1 fully saturated rings. The minimum absolute atomic E-state index is 0.213. The van der Waals surface area contributed by atoms with Crippen LogP contribution in [0.4, 0.5) is 0 Å². The van der Waals surface area contributed by atoms with Crippen molar-refractivity contribution in [3.63, 3.8) is 0 Å². The van der Waals surface area contributed by atoms with Gasteiger partial charge in [-0.2, -0.15) is 0 Å². The van der Waals surface area contributed by atoms with Gasteiger partial charge in [-0.15, -0.1) is 0 Å². The van der Waals surface area contributed by atoms with Crippen LogP contribution in [0.5, 0.6) is 0 Å². The molecule has 1 aromatic carbocycles. The zero-order valence-electron chi connectivity index (χ0n) is 10.8. The topological polar surface area (TPSA) is 23.5 Å². The Labute approximate surface area is 104 Å². The number of aliphatic hydroxyl groups is 1. The van der Waals surface area contributed by atoms with Gasteiger partial charge in [-0.1, -0.05) is 37.3 Å². The molecule has 0 aliphatic carbocycles. The Hall–Kier alpha value is -0.860. The lowest BCUT2D eigenvalue weighted by molar-refractivity contribution is 0.0497. The molecular weight excluding hydrogens is 210 g/mol. The van der Waals surface area contributed by atoms with Gasteiger partial charge in [0.05, 0.1) is 6.10 Å². The van der Waals surface area contributed by atoms with Crippen LogP contribution in [-0.2, 0) is 0 Å². The van der Waals surface area contributed by atoms with Crippen molar-refractivity contribution in [3.8, 4) is 0 Å². The third kappa shape index (κ3) is 2.70. The number of nitrogens with zero attached hydrogens (tertiary/aromatic N) is 1. The average molecular weight is 233 g/mol. The first-order chi connectivity index (χ1) is 8.24. The van der Waals surface area contributed by atoms with Crippen LogP contribution in [0.3, 0.4) is 0 Å². The maximum atomic E-state index is 10.4. The van der Waals surface area contributed by atoms with Crippen molar-refractivity contribution >= 4 is 0 Å². The molecule has 3 atom stereocenters. The van der Waals surface area contributed by atoms with Crippen LogP contribution in [0.2, 0.25) is 0 Å². The van der Waals surface area contributed by atoms with Crippen molar-refractivity contribution in [2.24, 2.45) is 0 Å². The Morgan fingerprint density at radius 3 is 2.71 bits per heavy atom. The summed E-state index contributed by atoms with van der Waals surface area (Å²) in [6.45, 7) is 5.51. The second-order valence-electron chi connectivity index (χ2n) is 5.04. The van der Waals surface area contributed by atoms with Crippen LogP contribution in [0.1, 0.15) is 44.8 Å². The summed E-state index contributed by atoms with van der Waals surface area (Å²) in [5.41, 5.74) is 1.03. The van der Waals surface area contributed by atoms with Crippen LogP contribution in [0.15, 0.2) is 30.3 Å². The van der Waals surface area contributed by atoms with Gasteiger partial charge in [0, 0.05) is 12.1 Å². The van der Waals surface area contributed by atoms with Crippen molar-refractivity contribution in [2.45, 2.75) is 51.3 Å². The molecule has 1 aliphatic heterocycles. The summed E-state index contributed by atoms with van der Waals surface area (Å²) in [6.07, 6.45) is 3.36. The van der Waals surface area contributed by atoms with Crippen molar-refractivity contribution in [1.29, 1.82) is 0 Å². The van der Waals surface area contributed by atoms with Crippen molar-refractivity contribution in [1.82, 2.24) is 4.90 Å². The van der Waals surface area contributed by atoms with E-state index in [0.717, 1.165) is 12.1 Å². The molecule has 0 aromatic heterocycles. The molecule has 94 valence electrons. The molecule has 2 nitrogen and oxygen atoms in total. The molecule has 1 saturated heterocycles. The number of hydrogen-bond acceptors (Lipinski definition) is 2. The lowest BCUT2D eigenvalue weighted by atomic mass is 10.0. The number of likely N-dealkylation sites (tertiary alicyclic amines) is 1. The highest BCUT2D eigenvalue weighted by Crippen LogP contribution is 2.28. The van der Waals surface area contributed by atoms with Crippen LogP contribution < -0.4 is 0 Å². The SMILES string of the molecule is CCC1CCCN1C(C)C(O)c1ccccc1. The Morgan fingerprint density at radius 2 is 2.06 bits per heavy atom. The maximum Gasteiger partial charge on any atom is 0.0942 e. The summed E-state index contributed by atoms with van der Waals surface area (Å²) >= 11 is 0. The van der Waals surface area contributed by atoms with Crippen LogP contribution in [0, 0.1) is 0 Å². The summed E-state index contributed by atoms with van der Waals surface area (Å²) in [5, 5.41) is 10.4. The van der Waals surface area contributed by atoms with E-state index < -0.39 is 0 Å². The second-order valence-corrected chi connectivity index (χ2v) is 5.04. The van der Waals surface area contributed by atoms with Gasteiger partial charge in [-0.25, -0.2) is 0 Å². The molecule has 0 amide bonds. The molecule has 17 heavy (non-hydrogen) atoms. The minimum atomic E-state index is -0.372. The highest BCUT2D eigenvalue weighted by Gasteiger charge is 2.31. The maximum absolute atomic E-state index is 10.4. The van der Waals surface area contributed by atoms with Gasteiger partial charge >= 0.3 is 0 Å². The fourth-order valence-electron chi connectivity index (χ4n) is 2.94. The highest BCUT2D eigenvalue weighted by atomic mass is 16.3. The van der Waals surface area contributed by atoms with Crippen molar-refractivity contribution in [3.05, 3.63) is 35.9 Å². The molecule has 1 aliphatic rings. The Balaban J connectivity index is 2.07. The molecule has 1 N–H and O–H groups in total. The number of benzene rings is 1. The predicted molar refractivity (Wildman–Crippen MR) is 70.9 cm³/mol. The summed E-state index contributed by atoms with van der Waals surface area (Å²) in [4.78, 5) is 2.47. The van der Waals surface area contributed by atoms with Crippen LogP contribution in [0.25, 0.3) is 0 Å². The Kier molecular flexibility index (Phi) is 4.19. The smallest absolute Gasteiger partial charge is 0.0942 e. The van der Waals surface area contributed by atoms with Crippen molar-refractivity contribution < 1.29 is 5.11 Å². The van der Waals surface area contributed by atoms with E-state index in [4.69, 9.17) is 0 Å². The standard InChI is InChI=1S/C15H23NO/c1-3-14-10-7-11-16(14)12(2)15(17)13-8-5-4-6-9-13/h4-6,8-9,12,14-15,17H,3,7,10-11H2,1-2H3. The van der Waals surface area contributed by atoms with E-state index in [1.54, 1.807) is 0 Å². The normalized spacial score (nSPS) is 24.8. The van der Waals surface area contributed by atoms with Crippen LogP contribution >= 0.6 is 0 Å². The van der Waals surface area contributed by atoms with Gasteiger partial charge in [-0.05, 0) is 38.3 Å². The van der Waals surface area contributed by atoms with Gasteiger partial charge in [-0.3, -0.25) is 4.90 Å². The lowest BCUT2D eigenvalue weighted by Gasteiger charge is -2.33. The third-order valence-electron chi connectivity index (χ3n) is 4.02. The molecule has 0 radical (unpaired) electrons. The first kappa shape index (κ1) is 12.6. The molecule has 1 heterocycles. The van der Waals surface area contributed by atoms with E-state index in [9.17, 15) is 5.11 Å². The van der Waals surface area contributed by atoms with Gasteiger partial charge in [0.1, 0.15) is 0 Å². The molecule has 0 bridgehead atoms. The van der Waals surface area contributed by atoms with E-state index in [-0.39, 0.29) is 12.1 Å². The largest absolute Gasteiger partial charge is 0.387 e.